The van der Waals surface area contributed by atoms with Gasteiger partial charge in [0.15, 0.2) is 0 Å². The third-order valence-corrected chi connectivity index (χ3v) is 12.0. The van der Waals surface area contributed by atoms with Gasteiger partial charge in [0.25, 0.3) is 0 Å². The quantitative estimate of drug-likeness (QED) is 0.227. The fraction of sp³-hybridized carbons (Fsp3) is 0.488. The van der Waals surface area contributed by atoms with Gasteiger partial charge in [-0.05, 0) is 98.4 Å². The number of carbonyl (C=O) groups excluding carboxylic acids is 4. The van der Waals surface area contributed by atoms with Crippen molar-refractivity contribution in [1.82, 2.24) is 24.9 Å². The van der Waals surface area contributed by atoms with Gasteiger partial charge in [-0.15, -0.1) is 0 Å². The number of aromatic hydroxyl groups is 2. The molecule has 3 aromatic carbocycles. The SMILES string of the molecule is O=C1NC[C@H](Cc2ccc(O)cc2)N(C[C@@H]2CCCN2C[C@H](Cc2ccccc2)N2C[C@H](Cc3ccc(O)cc3)N(CC3CCCCC3)C(=O)C2=O)C1=O. The van der Waals surface area contributed by atoms with Crippen molar-refractivity contribution in [2.24, 2.45) is 5.92 Å². The zero-order valence-electron chi connectivity index (χ0n) is 31.0. The molecule has 1 aliphatic carbocycles. The van der Waals surface area contributed by atoms with E-state index in [0.29, 0.717) is 57.9 Å². The summed E-state index contributed by atoms with van der Waals surface area (Å²) >= 11 is 0. The molecule has 4 aliphatic rings. The lowest BCUT2D eigenvalue weighted by atomic mass is 9.87. The lowest BCUT2D eigenvalue weighted by Gasteiger charge is -2.46. The Balaban J connectivity index is 1.13. The first-order valence-electron chi connectivity index (χ1n) is 19.8. The van der Waals surface area contributed by atoms with Crippen LogP contribution in [0, 0.1) is 5.92 Å². The minimum absolute atomic E-state index is 0.0216. The molecule has 1 saturated carbocycles. The first kappa shape index (κ1) is 37.4. The van der Waals surface area contributed by atoms with Gasteiger partial charge in [0.1, 0.15) is 11.5 Å². The second-order valence-electron chi connectivity index (χ2n) is 15.8. The lowest BCUT2D eigenvalue weighted by Crippen LogP contribution is -2.65. The van der Waals surface area contributed by atoms with Gasteiger partial charge in [-0.3, -0.25) is 24.1 Å². The van der Waals surface area contributed by atoms with E-state index in [-0.39, 0.29) is 35.7 Å². The third kappa shape index (κ3) is 8.89. The smallest absolute Gasteiger partial charge is 0.312 e. The normalized spacial score (nSPS) is 23.6. The average molecular weight is 736 g/mol. The van der Waals surface area contributed by atoms with Crippen LogP contribution in [-0.4, -0.2) is 117 Å². The Morgan fingerprint density at radius 1 is 0.630 bits per heavy atom. The Hall–Kier alpha value is -4.90. The Morgan fingerprint density at radius 2 is 1.26 bits per heavy atom. The molecule has 0 radical (unpaired) electrons. The topological polar surface area (TPSA) is 134 Å². The van der Waals surface area contributed by atoms with E-state index in [1.54, 1.807) is 29.2 Å². The van der Waals surface area contributed by atoms with Crippen LogP contribution in [0.15, 0.2) is 78.9 Å². The average Bonchev–Trinajstić information content (AvgIpc) is 3.62. The van der Waals surface area contributed by atoms with E-state index in [0.717, 1.165) is 61.8 Å². The fourth-order valence-corrected chi connectivity index (χ4v) is 9.10. The highest BCUT2D eigenvalue weighted by atomic mass is 16.3. The van der Waals surface area contributed by atoms with Crippen LogP contribution in [0.1, 0.15) is 61.6 Å². The molecule has 0 bridgehead atoms. The number of nitrogens with one attached hydrogen (secondary N) is 1. The van der Waals surface area contributed by atoms with Crippen molar-refractivity contribution >= 4 is 23.6 Å². The molecule has 7 rings (SSSR count). The Morgan fingerprint density at radius 3 is 1.93 bits per heavy atom. The van der Waals surface area contributed by atoms with Crippen LogP contribution in [0.3, 0.4) is 0 Å². The second kappa shape index (κ2) is 17.1. The van der Waals surface area contributed by atoms with E-state index in [9.17, 15) is 29.4 Å². The maximum atomic E-state index is 14.3. The summed E-state index contributed by atoms with van der Waals surface area (Å²) in [6, 6.07) is 23.4. The molecule has 4 amide bonds. The first-order chi connectivity index (χ1) is 26.2. The number of likely N-dealkylation sites (tertiary alicyclic amines) is 1. The predicted octanol–water partition coefficient (Wildman–Crippen LogP) is 3.91. The predicted molar refractivity (Wildman–Crippen MR) is 204 cm³/mol. The highest BCUT2D eigenvalue weighted by molar-refractivity contribution is 6.36. The summed E-state index contributed by atoms with van der Waals surface area (Å²) in [5, 5.41) is 22.5. The molecule has 286 valence electrons. The fourth-order valence-electron chi connectivity index (χ4n) is 9.10. The number of hydrogen-bond acceptors (Lipinski definition) is 7. The van der Waals surface area contributed by atoms with Crippen molar-refractivity contribution in [2.75, 3.05) is 39.3 Å². The molecule has 3 aromatic rings. The summed E-state index contributed by atoms with van der Waals surface area (Å²) in [5.74, 6) is -1.28. The zero-order valence-corrected chi connectivity index (χ0v) is 31.0. The lowest BCUT2D eigenvalue weighted by molar-refractivity contribution is -0.162. The van der Waals surface area contributed by atoms with Gasteiger partial charge in [0.05, 0.1) is 12.1 Å². The standard InChI is InChI=1S/C43H53N5O6/c49-38-17-13-31(14-18-38)22-35-25-44-40(51)41(52)47(35)28-34-12-7-21-45(34)27-36(23-30-8-3-1-4-9-30)48-29-37(24-32-15-19-39(50)20-16-32)46(42(53)43(48)54)26-33-10-5-2-6-11-33/h1,3-4,8-9,13-20,33-37,49-50H,2,5-7,10-12,21-29H2,(H,44,51)/t34-,35-,36-,37-/m0/s1. The summed E-state index contributed by atoms with van der Waals surface area (Å²) < 4.78 is 0. The molecule has 3 N–H and O–H groups in total. The molecule has 3 aliphatic heterocycles. The summed E-state index contributed by atoms with van der Waals surface area (Å²) in [5.41, 5.74) is 3.05. The highest BCUT2D eigenvalue weighted by Gasteiger charge is 2.44. The van der Waals surface area contributed by atoms with Gasteiger partial charge in [-0.1, -0.05) is 73.9 Å². The molecule has 11 heteroatoms. The van der Waals surface area contributed by atoms with Crippen molar-refractivity contribution in [2.45, 2.75) is 88.4 Å². The number of benzene rings is 3. The van der Waals surface area contributed by atoms with Gasteiger partial charge in [0, 0.05) is 44.8 Å². The summed E-state index contributed by atoms with van der Waals surface area (Å²) in [6.45, 7) is 3.05. The van der Waals surface area contributed by atoms with Crippen molar-refractivity contribution in [3.8, 4) is 11.5 Å². The molecule has 0 unspecified atom stereocenters. The maximum Gasteiger partial charge on any atom is 0.312 e. The first-order valence-corrected chi connectivity index (χ1v) is 19.8. The summed E-state index contributed by atoms with van der Waals surface area (Å²) in [7, 11) is 0. The number of rotatable bonds is 13. The number of phenols is 2. The number of carbonyl (C=O) groups is 4. The highest BCUT2D eigenvalue weighted by Crippen LogP contribution is 2.30. The second-order valence-corrected chi connectivity index (χ2v) is 15.8. The number of phenolic OH excluding ortho intramolecular Hbond substituents is 2. The van der Waals surface area contributed by atoms with Gasteiger partial charge in [-0.2, -0.15) is 0 Å². The van der Waals surface area contributed by atoms with Gasteiger partial charge < -0.3 is 30.2 Å². The number of nitrogens with zero attached hydrogens (tertiary/aromatic N) is 4. The zero-order chi connectivity index (χ0) is 37.6. The molecule has 0 spiro atoms. The Kier molecular flexibility index (Phi) is 11.8. The summed E-state index contributed by atoms with van der Waals surface area (Å²) in [4.78, 5) is 62.3. The van der Waals surface area contributed by atoms with E-state index in [1.165, 1.54) is 6.42 Å². The number of amides is 4. The van der Waals surface area contributed by atoms with Crippen LogP contribution in [-0.2, 0) is 38.4 Å². The number of piperazine rings is 2. The molecule has 0 aromatic heterocycles. The molecular weight excluding hydrogens is 683 g/mol. The Labute approximate surface area is 317 Å². The van der Waals surface area contributed by atoms with Crippen LogP contribution < -0.4 is 5.32 Å². The van der Waals surface area contributed by atoms with Gasteiger partial charge in [-0.25, -0.2) is 0 Å². The van der Waals surface area contributed by atoms with Crippen molar-refractivity contribution in [3.63, 3.8) is 0 Å². The number of hydrogen-bond donors (Lipinski definition) is 3. The van der Waals surface area contributed by atoms with Crippen LogP contribution in [0.5, 0.6) is 11.5 Å². The third-order valence-electron chi connectivity index (χ3n) is 12.0. The van der Waals surface area contributed by atoms with Crippen molar-refractivity contribution < 1.29 is 29.4 Å². The van der Waals surface area contributed by atoms with Gasteiger partial charge >= 0.3 is 23.6 Å². The van der Waals surface area contributed by atoms with E-state index in [4.69, 9.17) is 0 Å². The van der Waals surface area contributed by atoms with Crippen molar-refractivity contribution in [1.29, 1.82) is 0 Å². The molecule has 3 saturated heterocycles. The minimum Gasteiger partial charge on any atom is -0.508 e. The maximum absolute atomic E-state index is 14.3. The molecule has 54 heavy (non-hydrogen) atoms. The molecule has 4 fully saturated rings. The minimum atomic E-state index is -0.599. The van der Waals surface area contributed by atoms with Crippen molar-refractivity contribution in [3.05, 3.63) is 95.6 Å². The van der Waals surface area contributed by atoms with Gasteiger partial charge in [0.2, 0.25) is 0 Å². The van der Waals surface area contributed by atoms with E-state index in [1.807, 2.05) is 52.3 Å². The van der Waals surface area contributed by atoms with Crippen LogP contribution in [0.2, 0.25) is 0 Å². The molecule has 3 heterocycles. The van der Waals surface area contributed by atoms with E-state index < -0.39 is 23.6 Å². The van der Waals surface area contributed by atoms with Crippen LogP contribution in [0.25, 0.3) is 0 Å². The van der Waals surface area contributed by atoms with E-state index >= 15 is 0 Å². The molecule has 4 atom stereocenters. The molecular formula is C43H53N5O6. The summed E-state index contributed by atoms with van der Waals surface area (Å²) in [6.07, 6.45) is 9.11. The monoisotopic (exact) mass is 735 g/mol. The van der Waals surface area contributed by atoms with Crippen LogP contribution in [0.4, 0.5) is 0 Å². The van der Waals surface area contributed by atoms with E-state index in [2.05, 4.69) is 22.3 Å². The Bertz CT molecular complexity index is 1760. The molecule has 11 nitrogen and oxygen atoms in total. The van der Waals surface area contributed by atoms with Crippen LogP contribution >= 0.6 is 0 Å². The largest absolute Gasteiger partial charge is 0.508 e.